The summed E-state index contributed by atoms with van der Waals surface area (Å²) < 4.78 is 39.6. The maximum atomic E-state index is 13.2. The molecule has 7 heteroatoms. The van der Waals surface area contributed by atoms with Crippen molar-refractivity contribution in [1.29, 1.82) is 0 Å². The van der Waals surface area contributed by atoms with Crippen molar-refractivity contribution in [1.82, 2.24) is 5.32 Å². The summed E-state index contributed by atoms with van der Waals surface area (Å²) in [6.45, 7) is 0.357. The maximum Gasteiger partial charge on any atom is 0.418 e. The average molecular weight is 376 g/mol. The maximum absolute atomic E-state index is 13.2. The molecule has 1 fully saturated rings. The van der Waals surface area contributed by atoms with Crippen LogP contribution in [0.5, 0.6) is 0 Å². The number of hydrogen-bond acceptors (Lipinski definition) is 2. The van der Waals surface area contributed by atoms with Crippen molar-refractivity contribution in [2.75, 3.05) is 18.0 Å². The van der Waals surface area contributed by atoms with Crippen LogP contribution in [0, 0.1) is 5.92 Å². The molecule has 1 heterocycles. The Kier molecular flexibility index (Phi) is 5.48. The van der Waals surface area contributed by atoms with E-state index in [1.165, 1.54) is 18.2 Å². The van der Waals surface area contributed by atoms with Gasteiger partial charge >= 0.3 is 6.18 Å². The molecule has 0 aliphatic carbocycles. The molecule has 1 unspecified atom stereocenters. The number of benzene rings is 2. The average Bonchev–Trinajstić information content (AvgIpc) is 3.03. The van der Waals surface area contributed by atoms with E-state index < -0.39 is 23.6 Å². The Bertz CT molecular complexity index is 821. The molecule has 27 heavy (non-hydrogen) atoms. The van der Waals surface area contributed by atoms with Crippen LogP contribution in [-0.2, 0) is 22.2 Å². The second kappa shape index (κ2) is 7.82. The topological polar surface area (TPSA) is 49.4 Å². The number of nitrogens with zero attached hydrogens (tertiary/aromatic N) is 1. The van der Waals surface area contributed by atoms with Crippen LogP contribution in [0.1, 0.15) is 17.5 Å². The lowest BCUT2D eigenvalue weighted by molar-refractivity contribution is -0.137. The summed E-state index contributed by atoms with van der Waals surface area (Å²) in [6.07, 6.45) is -4.01. The molecule has 0 aromatic heterocycles. The first-order valence-corrected chi connectivity index (χ1v) is 8.64. The van der Waals surface area contributed by atoms with Crippen LogP contribution in [-0.4, -0.2) is 24.9 Å². The Labute approximate surface area is 155 Å². The first kappa shape index (κ1) is 18.9. The number of anilines is 1. The van der Waals surface area contributed by atoms with Crippen molar-refractivity contribution in [2.24, 2.45) is 5.92 Å². The molecule has 1 aliphatic rings. The lowest BCUT2D eigenvalue weighted by atomic mass is 10.1. The fourth-order valence-electron chi connectivity index (χ4n) is 3.18. The van der Waals surface area contributed by atoms with Gasteiger partial charge < -0.3 is 10.2 Å². The molecule has 0 saturated carbocycles. The van der Waals surface area contributed by atoms with E-state index in [-0.39, 0.29) is 24.6 Å². The minimum absolute atomic E-state index is 0.0525. The van der Waals surface area contributed by atoms with E-state index in [0.29, 0.717) is 13.0 Å². The summed E-state index contributed by atoms with van der Waals surface area (Å²) >= 11 is 0. The van der Waals surface area contributed by atoms with Gasteiger partial charge in [0.25, 0.3) is 0 Å². The number of alkyl halides is 3. The first-order chi connectivity index (χ1) is 12.9. The highest BCUT2D eigenvalue weighted by molar-refractivity contribution is 6.00. The zero-order valence-corrected chi connectivity index (χ0v) is 14.5. The van der Waals surface area contributed by atoms with Crippen LogP contribution in [0.3, 0.4) is 0 Å². The Morgan fingerprint density at radius 1 is 1.07 bits per heavy atom. The molecule has 0 spiro atoms. The quantitative estimate of drug-likeness (QED) is 0.869. The van der Waals surface area contributed by atoms with Gasteiger partial charge in [-0.25, -0.2) is 0 Å². The van der Waals surface area contributed by atoms with Gasteiger partial charge in [-0.2, -0.15) is 13.2 Å². The summed E-state index contributed by atoms with van der Waals surface area (Å²) in [7, 11) is 0. The van der Waals surface area contributed by atoms with Crippen LogP contribution >= 0.6 is 0 Å². The van der Waals surface area contributed by atoms with Crippen LogP contribution in [0.4, 0.5) is 18.9 Å². The fourth-order valence-corrected chi connectivity index (χ4v) is 3.18. The molecule has 0 radical (unpaired) electrons. The smallest absolute Gasteiger partial charge is 0.355 e. The molecule has 1 aliphatic heterocycles. The number of para-hydroxylation sites is 1. The van der Waals surface area contributed by atoms with Crippen LogP contribution in [0.15, 0.2) is 54.6 Å². The van der Waals surface area contributed by atoms with Crippen molar-refractivity contribution >= 4 is 17.5 Å². The van der Waals surface area contributed by atoms with Gasteiger partial charge in [-0.1, -0.05) is 42.5 Å². The van der Waals surface area contributed by atoms with Crippen molar-refractivity contribution in [2.45, 2.75) is 19.0 Å². The molecule has 2 amide bonds. The Balaban J connectivity index is 1.63. The highest BCUT2D eigenvalue weighted by Crippen LogP contribution is 2.38. The van der Waals surface area contributed by atoms with Gasteiger partial charge in [0, 0.05) is 19.5 Å². The number of amides is 2. The molecular weight excluding hydrogens is 357 g/mol. The SMILES string of the molecule is O=C(NCCc1ccccc1)C1CC(=O)N(c2ccccc2C(F)(F)F)C1. The highest BCUT2D eigenvalue weighted by Gasteiger charge is 2.40. The zero-order valence-electron chi connectivity index (χ0n) is 14.5. The molecule has 2 aromatic carbocycles. The van der Waals surface area contributed by atoms with E-state index in [0.717, 1.165) is 16.5 Å². The number of halogens is 3. The monoisotopic (exact) mass is 376 g/mol. The fraction of sp³-hybridized carbons (Fsp3) is 0.300. The zero-order chi connectivity index (χ0) is 19.4. The summed E-state index contributed by atoms with van der Waals surface area (Å²) in [5.74, 6) is -1.45. The van der Waals surface area contributed by atoms with Crippen molar-refractivity contribution in [3.05, 3.63) is 65.7 Å². The van der Waals surface area contributed by atoms with E-state index in [1.54, 1.807) is 0 Å². The third-order valence-corrected chi connectivity index (χ3v) is 4.55. The molecule has 3 rings (SSSR count). The number of hydrogen-bond donors (Lipinski definition) is 1. The molecule has 142 valence electrons. The molecule has 0 bridgehead atoms. The summed E-state index contributed by atoms with van der Waals surface area (Å²) in [6, 6.07) is 14.5. The van der Waals surface area contributed by atoms with Gasteiger partial charge in [-0.05, 0) is 24.1 Å². The van der Waals surface area contributed by atoms with E-state index >= 15 is 0 Å². The second-order valence-corrected chi connectivity index (χ2v) is 6.45. The van der Waals surface area contributed by atoms with E-state index in [1.807, 2.05) is 30.3 Å². The third kappa shape index (κ3) is 4.48. The predicted molar refractivity (Wildman–Crippen MR) is 95.1 cm³/mol. The lowest BCUT2D eigenvalue weighted by Crippen LogP contribution is -2.34. The number of carbonyl (C=O) groups is 2. The van der Waals surface area contributed by atoms with E-state index in [2.05, 4.69) is 5.32 Å². The van der Waals surface area contributed by atoms with Crippen molar-refractivity contribution < 1.29 is 22.8 Å². The van der Waals surface area contributed by atoms with Crippen LogP contribution < -0.4 is 10.2 Å². The Morgan fingerprint density at radius 2 is 1.74 bits per heavy atom. The highest BCUT2D eigenvalue weighted by atomic mass is 19.4. The molecule has 1 atom stereocenters. The summed E-state index contributed by atoms with van der Waals surface area (Å²) in [5, 5.41) is 2.77. The third-order valence-electron chi connectivity index (χ3n) is 4.55. The minimum atomic E-state index is -4.56. The normalized spacial score (nSPS) is 17.2. The van der Waals surface area contributed by atoms with Crippen LogP contribution in [0.25, 0.3) is 0 Å². The Hall–Kier alpha value is -2.83. The van der Waals surface area contributed by atoms with E-state index in [4.69, 9.17) is 0 Å². The van der Waals surface area contributed by atoms with E-state index in [9.17, 15) is 22.8 Å². The molecular formula is C20H19F3N2O2. The predicted octanol–water partition coefficient (Wildman–Crippen LogP) is 3.42. The minimum Gasteiger partial charge on any atom is -0.355 e. The molecule has 2 aromatic rings. The summed E-state index contributed by atoms with van der Waals surface area (Å²) in [5.41, 5.74) is -0.000833. The summed E-state index contributed by atoms with van der Waals surface area (Å²) in [4.78, 5) is 25.6. The largest absolute Gasteiger partial charge is 0.418 e. The van der Waals surface area contributed by atoms with Gasteiger partial charge in [0.1, 0.15) is 0 Å². The number of nitrogens with one attached hydrogen (secondary N) is 1. The van der Waals surface area contributed by atoms with Gasteiger partial charge in [-0.3, -0.25) is 9.59 Å². The second-order valence-electron chi connectivity index (χ2n) is 6.45. The van der Waals surface area contributed by atoms with Gasteiger partial charge in [0.15, 0.2) is 0 Å². The van der Waals surface area contributed by atoms with Gasteiger partial charge in [0.2, 0.25) is 11.8 Å². The molecule has 1 N–H and O–H groups in total. The molecule has 4 nitrogen and oxygen atoms in total. The lowest BCUT2D eigenvalue weighted by Gasteiger charge is -2.21. The van der Waals surface area contributed by atoms with Gasteiger partial charge in [0.05, 0.1) is 17.2 Å². The van der Waals surface area contributed by atoms with Crippen molar-refractivity contribution in [3.8, 4) is 0 Å². The number of rotatable bonds is 5. The Morgan fingerprint density at radius 3 is 2.44 bits per heavy atom. The van der Waals surface area contributed by atoms with Gasteiger partial charge in [-0.15, -0.1) is 0 Å². The standard InChI is InChI=1S/C20H19F3N2O2/c21-20(22,23)16-8-4-5-9-17(16)25-13-15(12-18(25)26)19(27)24-11-10-14-6-2-1-3-7-14/h1-9,15H,10-13H2,(H,24,27). The molecule has 1 saturated heterocycles. The van der Waals surface area contributed by atoms with Crippen molar-refractivity contribution in [3.63, 3.8) is 0 Å². The van der Waals surface area contributed by atoms with Crippen LogP contribution in [0.2, 0.25) is 0 Å². The number of carbonyl (C=O) groups excluding carboxylic acids is 2. The first-order valence-electron chi connectivity index (χ1n) is 8.64.